The zero-order valence-electron chi connectivity index (χ0n) is 12.1. The summed E-state index contributed by atoms with van der Waals surface area (Å²) in [7, 11) is 0. The van der Waals surface area contributed by atoms with Crippen LogP contribution >= 0.6 is 0 Å². The molecule has 1 aromatic carbocycles. The first-order valence-corrected chi connectivity index (χ1v) is 6.78. The van der Waals surface area contributed by atoms with Gasteiger partial charge in [0.25, 0.3) is 0 Å². The van der Waals surface area contributed by atoms with Crippen LogP contribution in [0.4, 0.5) is 0 Å². The lowest BCUT2D eigenvalue weighted by molar-refractivity contribution is 0.173. The molecule has 3 heteroatoms. The van der Waals surface area contributed by atoms with Crippen molar-refractivity contribution in [3.8, 4) is 0 Å². The quantitative estimate of drug-likeness (QED) is 0.915. The molecule has 1 N–H and O–H groups in total. The van der Waals surface area contributed by atoms with E-state index in [1.54, 1.807) is 6.20 Å². The van der Waals surface area contributed by atoms with Crippen LogP contribution in [0.15, 0.2) is 24.5 Å². The Morgan fingerprint density at radius 2 is 1.84 bits per heavy atom. The normalized spacial score (nSPS) is 12.7. The molecule has 102 valence electrons. The monoisotopic (exact) mass is 258 g/mol. The Hall–Kier alpha value is -1.61. The van der Waals surface area contributed by atoms with Gasteiger partial charge in [-0.2, -0.15) is 0 Å². The van der Waals surface area contributed by atoms with Crippen LogP contribution in [0.2, 0.25) is 0 Å². The molecule has 1 aromatic heterocycles. The van der Waals surface area contributed by atoms with E-state index in [0.717, 1.165) is 29.1 Å². The molecule has 0 saturated heterocycles. The summed E-state index contributed by atoms with van der Waals surface area (Å²) in [6, 6.07) is 4.25. The van der Waals surface area contributed by atoms with Crippen molar-refractivity contribution in [3.63, 3.8) is 0 Å². The van der Waals surface area contributed by atoms with E-state index in [4.69, 9.17) is 0 Å². The molecule has 0 radical (unpaired) electrons. The van der Waals surface area contributed by atoms with Crippen LogP contribution in [0.25, 0.3) is 0 Å². The zero-order chi connectivity index (χ0) is 14.0. The van der Waals surface area contributed by atoms with Crippen LogP contribution in [-0.2, 0) is 13.0 Å². The Labute approximate surface area is 114 Å². The molecule has 3 nitrogen and oxygen atoms in total. The van der Waals surface area contributed by atoms with Gasteiger partial charge in [0.05, 0.1) is 6.10 Å². The summed E-state index contributed by atoms with van der Waals surface area (Å²) < 4.78 is 2.07. The van der Waals surface area contributed by atoms with Crippen molar-refractivity contribution in [2.24, 2.45) is 0 Å². The van der Waals surface area contributed by atoms with E-state index in [2.05, 4.69) is 49.4 Å². The maximum absolute atomic E-state index is 10.5. The summed E-state index contributed by atoms with van der Waals surface area (Å²) in [5.74, 6) is 0.939. The Bertz CT molecular complexity index is 549. The third-order valence-corrected chi connectivity index (χ3v) is 3.59. The summed E-state index contributed by atoms with van der Waals surface area (Å²) >= 11 is 0. The molecule has 0 amide bonds. The number of hydrogen-bond acceptors (Lipinski definition) is 2. The van der Waals surface area contributed by atoms with E-state index in [0.29, 0.717) is 6.42 Å². The first-order valence-electron chi connectivity index (χ1n) is 6.78. The van der Waals surface area contributed by atoms with E-state index >= 15 is 0 Å². The van der Waals surface area contributed by atoms with E-state index in [9.17, 15) is 5.11 Å². The molecule has 1 heterocycles. The van der Waals surface area contributed by atoms with Crippen LogP contribution in [0.5, 0.6) is 0 Å². The first-order chi connectivity index (χ1) is 9.02. The molecule has 2 rings (SSSR count). The van der Waals surface area contributed by atoms with Crippen molar-refractivity contribution in [1.29, 1.82) is 0 Å². The van der Waals surface area contributed by atoms with Gasteiger partial charge >= 0.3 is 0 Å². The number of aromatic nitrogens is 2. The standard InChI is InChI=1S/C16H22N2O/c1-5-18-7-6-17-15(18)10-14(19)16-12(3)8-11(2)9-13(16)4/h6-9,14,19H,5,10H2,1-4H3. The number of hydrogen-bond donors (Lipinski definition) is 1. The number of rotatable bonds is 4. The third kappa shape index (κ3) is 2.87. The van der Waals surface area contributed by atoms with Crippen LogP contribution < -0.4 is 0 Å². The lowest BCUT2D eigenvalue weighted by atomic mass is 9.94. The van der Waals surface area contributed by atoms with Crippen LogP contribution in [0, 0.1) is 20.8 Å². The highest BCUT2D eigenvalue weighted by Crippen LogP contribution is 2.25. The highest BCUT2D eigenvalue weighted by Gasteiger charge is 2.16. The summed E-state index contributed by atoms with van der Waals surface area (Å²) in [6.45, 7) is 9.17. The third-order valence-electron chi connectivity index (χ3n) is 3.59. The van der Waals surface area contributed by atoms with E-state index in [1.165, 1.54) is 5.56 Å². The van der Waals surface area contributed by atoms with Gasteiger partial charge in [-0.05, 0) is 44.4 Å². The molecular weight excluding hydrogens is 236 g/mol. The van der Waals surface area contributed by atoms with Crippen molar-refractivity contribution in [2.75, 3.05) is 0 Å². The summed E-state index contributed by atoms with van der Waals surface area (Å²) in [6.07, 6.45) is 3.82. The van der Waals surface area contributed by atoms with Crippen LogP contribution in [0.3, 0.4) is 0 Å². The van der Waals surface area contributed by atoms with Crippen molar-refractivity contribution in [2.45, 2.75) is 46.8 Å². The fourth-order valence-corrected chi connectivity index (χ4v) is 2.81. The zero-order valence-corrected chi connectivity index (χ0v) is 12.1. The topological polar surface area (TPSA) is 38.0 Å². The number of imidazole rings is 1. The maximum atomic E-state index is 10.5. The molecule has 0 spiro atoms. The van der Waals surface area contributed by atoms with Gasteiger partial charge in [-0.1, -0.05) is 17.7 Å². The van der Waals surface area contributed by atoms with E-state index in [1.807, 2.05) is 6.20 Å². The SMILES string of the molecule is CCn1ccnc1CC(O)c1c(C)cc(C)cc1C. The van der Waals surface area contributed by atoms with Gasteiger partial charge in [0, 0.05) is 25.4 Å². The van der Waals surface area contributed by atoms with Gasteiger partial charge in [0.2, 0.25) is 0 Å². The average molecular weight is 258 g/mol. The average Bonchev–Trinajstić information content (AvgIpc) is 2.74. The molecule has 19 heavy (non-hydrogen) atoms. The second kappa shape index (κ2) is 5.57. The number of aryl methyl sites for hydroxylation is 4. The largest absolute Gasteiger partial charge is 0.388 e. The predicted molar refractivity (Wildman–Crippen MR) is 77.2 cm³/mol. The van der Waals surface area contributed by atoms with Crippen LogP contribution in [0.1, 0.15) is 41.1 Å². The second-order valence-corrected chi connectivity index (χ2v) is 5.16. The van der Waals surface area contributed by atoms with Gasteiger partial charge in [-0.15, -0.1) is 0 Å². The molecular formula is C16H22N2O. The number of aliphatic hydroxyl groups is 1. The van der Waals surface area contributed by atoms with Gasteiger partial charge in [0.15, 0.2) is 0 Å². The minimum atomic E-state index is -0.492. The van der Waals surface area contributed by atoms with Gasteiger partial charge in [0.1, 0.15) is 5.82 Å². The molecule has 0 saturated carbocycles. The molecule has 1 atom stereocenters. The number of aliphatic hydroxyl groups excluding tert-OH is 1. The highest BCUT2D eigenvalue weighted by molar-refractivity contribution is 5.39. The van der Waals surface area contributed by atoms with Crippen molar-refractivity contribution < 1.29 is 5.11 Å². The number of benzene rings is 1. The Kier molecular flexibility index (Phi) is 4.05. The fraction of sp³-hybridized carbons (Fsp3) is 0.438. The Morgan fingerprint density at radius 1 is 1.21 bits per heavy atom. The first kappa shape index (κ1) is 13.8. The predicted octanol–water partition coefficient (Wildman–Crippen LogP) is 3.10. The molecule has 2 aromatic rings. The highest BCUT2D eigenvalue weighted by atomic mass is 16.3. The van der Waals surface area contributed by atoms with E-state index in [-0.39, 0.29) is 0 Å². The summed E-state index contributed by atoms with van der Waals surface area (Å²) in [5, 5.41) is 10.5. The molecule has 0 bridgehead atoms. The minimum absolute atomic E-state index is 0.492. The lowest BCUT2D eigenvalue weighted by Gasteiger charge is -2.17. The lowest BCUT2D eigenvalue weighted by Crippen LogP contribution is -2.11. The Morgan fingerprint density at radius 3 is 2.42 bits per heavy atom. The smallest absolute Gasteiger partial charge is 0.111 e. The van der Waals surface area contributed by atoms with Gasteiger partial charge in [-0.25, -0.2) is 4.98 Å². The molecule has 0 aliphatic heterocycles. The second-order valence-electron chi connectivity index (χ2n) is 5.16. The van der Waals surface area contributed by atoms with Crippen molar-refractivity contribution in [1.82, 2.24) is 9.55 Å². The van der Waals surface area contributed by atoms with Gasteiger partial charge in [-0.3, -0.25) is 0 Å². The van der Waals surface area contributed by atoms with E-state index < -0.39 is 6.10 Å². The molecule has 0 fully saturated rings. The van der Waals surface area contributed by atoms with Crippen LogP contribution in [-0.4, -0.2) is 14.7 Å². The van der Waals surface area contributed by atoms with Crippen molar-refractivity contribution in [3.05, 3.63) is 52.6 Å². The van der Waals surface area contributed by atoms with Crippen molar-refractivity contribution >= 4 is 0 Å². The van der Waals surface area contributed by atoms with Gasteiger partial charge < -0.3 is 9.67 Å². The number of nitrogens with zero attached hydrogens (tertiary/aromatic N) is 2. The maximum Gasteiger partial charge on any atom is 0.111 e. The molecule has 1 unspecified atom stereocenters. The fourth-order valence-electron chi connectivity index (χ4n) is 2.81. The summed E-state index contributed by atoms with van der Waals surface area (Å²) in [4.78, 5) is 4.33. The minimum Gasteiger partial charge on any atom is -0.388 e. The molecule has 0 aliphatic carbocycles. The molecule has 0 aliphatic rings. The summed E-state index contributed by atoms with van der Waals surface area (Å²) in [5.41, 5.74) is 4.58. The Balaban J connectivity index is 2.28.